The second-order valence-corrected chi connectivity index (χ2v) is 6.61. The van der Waals surface area contributed by atoms with Crippen molar-refractivity contribution in [3.8, 4) is 0 Å². The molecule has 0 amide bonds. The van der Waals surface area contributed by atoms with Crippen LogP contribution < -0.4 is 15.8 Å². The molecule has 1 aromatic heterocycles. The summed E-state index contributed by atoms with van der Waals surface area (Å²) in [6, 6.07) is 0. The SMILES string of the molecule is CCCCn1ncc(N(C)CC2CCCNC2)c(Br)c1=O. The highest BCUT2D eigenvalue weighted by molar-refractivity contribution is 9.10. The van der Waals surface area contributed by atoms with Gasteiger partial charge in [0, 0.05) is 20.1 Å². The number of anilines is 1. The lowest BCUT2D eigenvalue weighted by Gasteiger charge is -2.29. The first-order chi connectivity index (χ1) is 10.1. The zero-order valence-electron chi connectivity index (χ0n) is 12.9. The monoisotopic (exact) mass is 356 g/mol. The summed E-state index contributed by atoms with van der Waals surface area (Å²) in [7, 11) is 2.03. The van der Waals surface area contributed by atoms with Crippen molar-refractivity contribution in [3.05, 3.63) is 21.0 Å². The van der Waals surface area contributed by atoms with Crippen LogP contribution in [0.15, 0.2) is 15.5 Å². The summed E-state index contributed by atoms with van der Waals surface area (Å²) in [4.78, 5) is 14.4. The molecule has 0 spiro atoms. The van der Waals surface area contributed by atoms with Crippen molar-refractivity contribution in [1.82, 2.24) is 15.1 Å². The topological polar surface area (TPSA) is 50.2 Å². The van der Waals surface area contributed by atoms with Gasteiger partial charge in [0.2, 0.25) is 0 Å². The second kappa shape index (κ2) is 7.94. The lowest BCUT2D eigenvalue weighted by Crippen LogP contribution is -2.37. The average molecular weight is 357 g/mol. The Kier molecular flexibility index (Phi) is 6.23. The van der Waals surface area contributed by atoms with Crippen LogP contribution in [0, 0.1) is 5.92 Å². The Morgan fingerprint density at radius 3 is 3.05 bits per heavy atom. The number of aryl methyl sites for hydroxylation is 1. The Morgan fingerprint density at radius 2 is 2.38 bits per heavy atom. The smallest absolute Gasteiger partial charge is 0.283 e. The summed E-state index contributed by atoms with van der Waals surface area (Å²) in [5, 5.41) is 7.74. The summed E-state index contributed by atoms with van der Waals surface area (Å²) in [5.74, 6) is 0.637. The van der Waals surface area contributed by atoms with E-state index in [0.717, 1.165) is 38.2 Å². The number of rotatable bonds is 6. The number of hydrogen-bond donors (Lipinski definition) is 1. The Bertz CT molecular complexity index is 511. The molecule has 0 bridgehead atoms. The van der Waals surface area contributed by atoms with Gasteiger partial charge in [-0.25, -0.2) is 4.68 Å². The molecule has 21 heavy (non-hydrogen) atoms. The molecule has 0 saturated carbocycles. The van der Waals surface area contributed by atoms with E-state index in [0.29, 0.717) is 16.9 Å². The van der Waals surface area contributed by atoms with Crippen molar-refractivity contribution >= 4 is 21.6 Å². The molecule has 1 atom stereocenters. The van der Waals surface area contributed by atoms with Crippen molar-refractivity contribution in [3.63, 3.8) is 0 Å². The highest BCUT2D eigenvalue weighted by Gasteiger charge is 2.18. The number of nitrogens with one attached hydrogen (secondary N) is 1. The van der Waals surface area contributed by atoms with E-state index < -0.39 is 0 Å². The number of nitrogens with zero attached hydrogens (tertiary/aromatic N) is 3. The van der Waals surface area contributed by atoms with E-state index in [-0.39, 0.29) is 5.56 Å². The maximum atomic E-state index is 12.3. The quantitative estimate of drug-likeness (QED) is 0.849. The zero-order chi connectivity index (χ0) is 15.2. The van der Waals surface area contributed by atoms with Crippen LogP contribution in [0.2, 0.25) is 0 Å². The van der Waals surface area contributed by atoms with E-state index in [4.69, 9.17) is 0 Å². The lowest BCUT2D eigenvalue weighted by molar-refractivity contribution is 0.381. The predicted molar refractivity (Wildman–Crippen MR) is 90.0 cm³/mol. The van der Waals surface area contributed by atoms with Gasteiger partial charge in [-0.1, -0.05) is 13.3 Å². The van der Waals surface area contributed by atoms with Gasteiger partial charge in [0.25, 0.3) is 5.56 Å². The highest BCUT2D eigenvalue weighted by Crippen LogP contribution is 2.22. The standard InChI is InChI=1S/C15H25BrN4O/c1-3-4-8-20-15(21)14(16)13(10-18-20)19(2)11-12-6-5-7-17-9-12/h10,12,17H,3-9,11H2,1-2H3. The maximum Gasteiger partial charge on any atom is 0.283 e. The predicted octanol–water partition coefficient (Wildman–Crippen LogP) is 2.24. The third-order valence-corrected chi connectivity index (χ3v) is 4.78. The molecular weight excluding hydrogens is 332 g/mol. The normalized spacial score (nSPS) is 18.7. The lowest BCUT2D eigenvalue weighted by atomic mass is 9.99. The summed E-state index contributed by atoms with van der Waals surface area (Å²) < 4.78 is 2.17. The van der Waals surface area contributed by atoms with Gasteiger partial charge in [0.05, 0.1) is 11.9 Å². The van der Waals surface area contributed by atoms with Crippen molar-refractivity contribution < 1.29 is 0 Å². The molecule has 1 N–H and O–H groups in total. The Hall–Kier alpha value is -0.880. The van der Waals surface area contributed by atoms with Crippen LogP contribution in [0.5, 0.6) is 0 Å². The molecule has 0 radical (unpaired) electrons. The molecule has 0 aliphatic carbocycles. The summed E-state index contributed by atoms with van der Waals surface area (Å²) in [5.41, 5.74) is 0.855. The summed E-state index contributed by atoms with van der Waals surface area (Å²) in [6.45, 7) is 5.93. The van der Waals surface area contributed by atoms with Crippen LogP contribution in [-0.2, 0) is 6.54 Å². The molecule has 2 heterocycles. The molecule has 1 aliphatic rings. The zero-order valence-corrected chi connectivity index (χ0v) is 14.5. The number of unbranched alkanes of at least 4 members (excludes halogenated alkanes) is 1. The fourth-order valence-electron chi connectivity index (χ4n) is 2.76. The van der Waals surface area contributed by atoms with Crippen molar-refractivity contribution in [1.29, 1.82) is 0 Å². The van der Waals surface area contributed by atoms with Crippen LogP contribution in [0.25, 0.3) is 0 Å². The minimum Gasteiger partial charge on any atom is -0.372 e. The van der Waals surface area contributed by atoms with E-state index in [1.807, 2.05) is 7.05 Å². The first kappa shape index (κ1) is 16.5. The molecular formula is C15H25BrN4O. The minimum absolute atomic E-state index is 0.0328. The molecule has 6 heteroatoms. The molecule has 1 unspecified atom stereocenters. The van der Waals surface area contributed by atoms with Gasteiger partial charge in [-0.3, -0.25) is 4.79 Å². The van der Waals surface area contributed by atoms with Crippen molar-refractivity contribution in [2.45, 2.75) is 39.2 Å². The number of aromatic nitrogens is 2. The second-order valence-electron chi connectivity index (χ2n) is 5.82. The van der Waals surface area contributed by atoms with E-state index in [2.05, 4.69) is 38.2 Å². The average Bonchev–Trinajstić information content (AvgIpc) is 2.49. The Morgan fingerprint density at radius 1 is 1.57 bits per heavy atom. The number of hydrogen-bond acceptors (Lipinski definition) is 4. The molecule has 5 nitrogen and oxygen atoms in total. The fraction of sp³-hybridized carbons (Fsp3) is 0.733. The minimum atomic E-state index is -0.0328. The molecule has 0 aromatic carbocycles. The maximum absolute atomic E-state index is 12.3. The molecule has 1 aromatic rings. The van der Waals surface area contributed by atoms with Gasteiger partial charge < -0.3 is 10.2 Å². The first-order valence-corrected chi connectivity index (χ1v) is 8.60. The first-order valence-electron chi connectivity index (χ1n) is 7.81. The van der Waals surface area contributed by atoms with Crippen molar-refractivity contribution in [2.24, 2.45) is 5.92 Å². The van der Waals surface area contributed by atoms with Gasteiger partial charge in [-0.15, -0.1) is 0 Å². The van der Waals surface area contributed by atoms with Gasteiger partial charge in [-0.2, -0.15) is 5.10 Å². The van der Waals surface area contributed by atoms with Crippen LogP contribution in [0.4, 0.5) is 5.69 Å². The molecule has 2 rings (SSSR count). The van der Waals surface area contributed by atoms with E-state index in [1.54, 1.807) is 10.9 Å². The fourth-order valence-corrected chi connectivity index (χ4v) is 3.36. The van der Waals surface area contributed by atoms with Gasteiger partial charge >= 0.3 is 0 Å². The Balaban J connectivity index is 2.08. The highest BCUT2D eigenvalue weighted by atomic mass is 79.9. The van der Waals surface area contributed by atoms with Gasteiger partial charge in [0.15, 0.2) is 0 Å². The van der Waals surface area contributed by atoms with Crippen LogP contribution in [-0.4, -0.2) is 36.5 Å². The van der Waals surface area contributed by atoms with E-state index in [9.17, 15) is 4.79 Å². The summed E-state index contributed by atoms with van der Waals surface area (Å²) >= 11 is 3.46. The summed E-state index contributed by atoms with van der Waals surface area (Å²) in [6.07, 6.45) is 6.31. The molecule has 1 fully saturated rings. The third kappa shape index (κ3) is 4.30. The van der Waals surface area contributed by atoms with E-state index >= 15 is 0 Å². The van der Waals surface area contributed by atoms with Crippen LogP contribution in [0.3, 0.4) is 0 Å². The van der Waals surface area contributed by atoms with Crippen molar-refractivity contribution in [2.75, 3.05) is 31.6 Å². The largest absolute Gasteiger partial charge is 0.372 e. The third-order valence-electron chi connectivity index (χ3n) is 4.03. The molecule has 1 saturated heterocycles. The van der Waals surface area contributed by atoms with Crippen LogP contribution >= 0.6 is 15.9 Å². The Labute approximate surface area is 134 Å². The van der Waals surface area contributed by atoms with E-state index in [1.165, 1.54) is 12.8 Å². The van der Waals surface area contributed by atoms with Gasteiger partial charge in [-0.05, 0) is 54.2 Å². The van der Waals surface area contributed by atoms with Crippen LogP contribution in [0.1, 0.15) is 32.6 Å². The number of halogens is 1. The number of piperidine rings is 1. The molecule has 118 valence electrons. The van der Waals surface area contributed by atoms with Gasteiger partial charge in [0.1, 0.15) is 4.47 Å². The molecule has 1 aliphatic heterocycles.